The van der Waals surface area contributed by atoms with E-state index in [4.69, 9.17) is 27.9 Å². The Bertz CT molecular complexity index is 535. The number of hydrogen-bond acceptors (Lipinski definition) is 2. The third-order valence-electron chi connectivity index (χ3n) is 2.11. The summed E-state index contributed by atoms with van der Waals surface area (Å²) in [5, 5.41) is 0.120. The van der Waals surface area contributed by atoms with E-state index in [2.05, 4.69) is 0 Å². The van der Waals surface area contributed by atoms with Crippen LogP contribution in [-0.2, 0) is 0 Å². The molecule has 2 aromatic carbocycles. The average molecular weight is 267 g/mol. The van der Waals surface area contributed by atoms with Crippen molar-refractivity contribution < 1.29 is 9.53 Å². The summed E-state index contributed by atoms with van der Waals surface area (Å²) in [5.41, 5.74) is 0.435. The van der Waals surface area contributed by atoms with Gasteiger partial charge in [-0.1, -0.05) is 17.7 Å². The molecular weight excluding hydrogens is 259 g/mol. The summed E-state index contributed by atoms with van der Waals surface area (Å²) in [6, 6.07) is 13.6. The number of carbonyl (C=O) groups is 1. The molecule has 2 rings (SSSR count). The Morgan fingerprint density at radius 2 is 1.71 bits per heavy atom. The smallest absolute Gasteiger partial charge is 0.252 e. The second-order valence-corrected chi connectivity index (χ2v) is 4.14. The van der Waals surface area contributed by atoms with Crippen LogP contribution in [0.1, 0.15) is 10.4 Å². The fourth-order valence-corrected chi connectivity index (χ4v) is 1.63. The summed E-state index contributed by atoms with van der Waals surface area (Å²) in [6.45, 7) is 0. The van der Waals surface area contributed by atoms with Gasteiger partial charge >= 0.3 is 0 Å². The Morgan fingerprint density at radius 3 is 2.29 bits per heavy atom. The lowest BCUT2D eigenvalue weighted by Gasteiger charge is -2.05. The molecule has 0 N–H and O–H groups in total. The Labute approximate surface area is 109 Å². The highest BCUT2D eigenvalue weighted by atomic mass is 35.5. The van der Waals surface area contributed by atoms with E-state index in [0.29, 0.717) is 22.1 Å². The van der Waals surface area contributed by atoms with E-state index in [1.165, 1.54) is 0 Å². The van der Waals surface area contributed by atoms with E-state index in [1.54, 1.807) is 48.5 Å². The largest absolute Gasteiger partial charge is 0.457 e. The first-order chi connectivity index (χ1) is 8.15. The molecule has 0 aliphatic rings. The van der Waals surface area contributed by atoms with Crippen molar-refractivity contribution in [2.75, 3.05) is 0 Å². The zero-order chi connectivity index (χ0) is 12.3. The van der Waals surface area contributed by atoms with Crippen LogP contribution in [0, 0.1) is 0 Å². The van der Waals surface area contributed by atoms with Gasteiger partial charge in [0.05, 0.1) is 0 Å². The van der Waals surface area contributed by atoms with Crippen molar-refractivity contribution in [2.45, 2.75) is 0 Å². The first-order valence-electron chi connectivity index (χ1n) is 4.88. The monoisotopic (exact) mass is 266 g/mol. The first kappa shape index (κ1) is 12.0. The predicted octanol–water partition coefficient (Wildman–Crippen LogP) is 4.51. The molecule has 0 radical (unpaired) electrons. The third kappa shape index (κ3) is 3.22. The maximum atomic E-state index is 10.9. The highest BCUT2D eigenvalue weighted by Gasteiger charge is 2.02. The molecule has 0 aliphatic heterocycles. The molecule has 0 saturated heterocycles. The number of hydrogen-bond donors (Lipinski definition) is 0. The van der Waals surface area contributed by atoms with Gasteiger partial charge in [0.2, 0.25) is 0 Å². The lowest BCUT2D eigenvalue weighted by atomic mass is 10.2. The lowest BCUT2D eigenvalue weighted by molar-refractivity contribution is 0.108. The van der Waals surface area contributed by atoms with Crippen LogP contribution >= 0.6 is 23.2 Å². The molecule has 0 heterocycles. The van der Waals surface area contributed by atoms with Crippen LogP contribution in [0.15, 0.2) is 48.5 Å². The van der Waals surface area contributed by atoms with E-state index < -0.39 is 5.24 Å². The molecule has 0 amide bonds. The molecule has 0 aromatic heterocycles. The van der Waals surface area contributed by atoms with E-state index in [9.17, 15) is 4.79 Å². The maximum Gasteiger partial charge on any atom is 0.252 e. The molecular formula is C13H8Cl2O2. The van der Waals surface area contributed by atoms with Crippen molar-refractivity contribution in [1.29, 1.82) is 0 Å². The Kier molecular flexibility index (Phi) is 3.67. The standard InChI is InChI=1S/C13H8Cl2O2/c14-10-2-1-3-12(8-10)17-11-6-4-9(5-7-11)13(15)16/h1-8H. The van der Waals surface area contributed by atoms with Crippen LogP contribution in [0.2, 0.25) is 5.02 Å². The highest BCUT2D eigenvalue weighted by Crippen LogP contribution is 2.24. The van der Waals surface area contributed by atoms with Gasteiger partial charge in [-0.25, -0.2) is 0 Å². The molecule has 86 valence electrons. The number of carbonyl (C=O) groups excluding carboxylic acids is 1. The van der Waals surface area contributed by atoms with Crippen LogP contribution < -0.4 is 4.74 Å². The van der Waals surface area contributed by atoms with Gasteiger partial charge in [-0.05, 0) is 54.1 Å². The fourth-order valence-electron chi connectivity index (χ4n) is 1.32. The summed E-state index contributed by atoms with van der Waals surface area (Å²) in [4.78, 5) is 10.9. The van der Waals surface area contributed by atoms with Crippen molar-refractivity contribution in [3.8, 4) is 11.5 Å². The normalized spacial score (nSPS) is 10.0. The SMILES string of the molecule is O=C(Cl)c1ccc(Oc2cccc(Cl)c2)cc1. The first-order valence-corrected chi connectivity index (χ1v) is 5.64. The lowest BCUT2D eigenvalue weighted by Crippen LogP contribution is -1.89. The van der Waals surface area contributed by atoms with Gasteiger partial charge in [0.15, 0.2) is 0 Å². The molecule has 0 aliphatic carbocycles. The van der Waals surface area contributed by atoms with Crippen molar-refractivity contribution in [3.05, 3.63) is 59.1 Å². The van der Waals surface area contributed by atoms with Crippen molar-refractivity contribution in [1.82, 2.24) is 0 Å². The Morgan fingerprint density at radius 1 is 1.00 bits per heavy atom. The Hall–Kier alpha value is -1.51. The second-order valence-electron chi connectivity index (χ2n) is 3.36. The minimum absolute atomic E-state index is 0.435. The van der Waals surface area contributed by atoms with Crippen molar-refractivity contribution >= 4 is 28.4 Å². The van der Waals surface area contributed by atoms with Gasteiger partial charge in [0.1, 0.15) is 11.5 Å². The van der Waals surface area contributed by atoms with Crippen LogP contribution in [0.5, 0.6) is 11.5 Å². The van der Waals surface area contributed by atoms with E-state index in [0.717, 1.165) is 0 Å². The molecule has 2 aromatic rings. The molecule has 0 atom stereocenters. The van der Waals surface area contributed by atoms with Crippen LogP contribution in [-0.4, -0.2) is 5.24 Å². The molecule has 17 heavy (non-hydrogen) atoms. The zero-order valence-electron chi connectivity index (χ0n) is 8.69. The summed E-state index contributed by atoms with van der Waals surface area (Å²) >= 11 is 11.2. The number of ether oxygens (including phenoxy) is 1. The third-order valence-corrected chi connectivity index (χ3v) is 2.57. The topological polar surface area (TPSA) is 26.3 Å². The highest BCUT2D eigenvalue weighted by molar-refractivity contribution is 6.67. The van der Waals surface area contributed by atoms with Gasteiger partial charge < -0.3 is 4.74 Å². The maximum absolute atomic E-state index is 10.9. The number of rotatable bonds is 3. The van der Waals surface area contributed by atoms with E-state index in [1.807, 2.05) is 0 Å². The van der Waals surface area contributed by atoms with Crippen molar-refractivity contribution in [3.63, 3.8) is 0 Å². The number of halogens is 2. The Balaban J connectivity index is 2.16. The number of benzene rings is 2. The molecule has 0 saturated carbocycles. The molecule has 4 heteroatoms. The van der Waals surface area contributed by atoms with Gasteiger partial charge in [-0.2, -0.15) is 0 Å². The fraction of sp³-hybridized carbons (Fsp3) is 0. The summed E-state index contributed by atoms with van der Waals surface area (Å²) < 4.78 is 5.56. The van der Waals surface area contributed by atoms with Gasteiger partial charge in [0.25, 0.3) is 5.24 Å². The zero-order valence-corrected chi connectivity index (χ0v) is 10.2. The summed E-state index contributed by atoms with van der Waals surface area (Å²) in [7, 11) is 0. The van der Waals surface area contributed by atoms with Crippen LogP contribution in [0.3, 0.4) is 0 Å². The summed E-state index contributed by atoms with van der Waals surface area (Å²) in [5.74, 6) is 1.26. The molecule has 0 unspecified atom stereocenters. The minimum Gasteiger partial charge on any atom is -0.457 e. The molecule has 0 spiro atoms. The van der Waals surface area contributed by atoms with Gasteiger partial charge in [-0.15, -0.1) is 0 Å². The van der Waals surface area contributed by atoms with E-state index in [-0.39, 0.29) is 0 Å². The summed E-state index contributed by atoms with van der Waals surface area (Å²) in [6.07, 6.45) is 0. The molecule has 0 fully saturated rings. The van der Waals surface area contributed by atoms with Crippen LogP contribution in [0.25, 0.3) is 0 Å². The molecule has 0 bridgehead atoms. The average Bonchev–Trinajstić information content (AvgIpc) is 2.29. The second kappa shape index (κ2) is 5.21. The van der Waals surface area contributed by atoms with Gasteiger partial charge in [-0.3, -0.25) is 4.79 Å². The van der Waals surface area contributed by atoms with Crippen LogP contribution in [0.4, 0.5) is 0 Å². The van der Waals surface area contributed by atoms with Crippen molar-refractivity contribution in [2.24, 2.45) is 0 Å². The van der Waals surface area contributed by atoms with E-state index >= 15 is 0 Å². The molecule has 2 nitrogen and oxygen atoms in total. The van der Waals surface area contributed by atoms with Gasteiger partial charge in [0, 0.05) is 10.6 Å². The predicted molar refractivity (Wildman–Crippen MR) is 68.2 cm³/mol. The minimum atomic E-state index is -0.487. The quantitative estimate of drug-likeness (QED) is 0.764.